The van der Waals surface area contributed by atoms with Crippen LogP contribution in [0.5, 0.6) is 0 Å². The summed E-state index contributed by atoms with van der Waals surface area (Å²) in [5.74, 6) is 0.755. The third-order valence-electron chi connectivity index (χ3n) is 2.47. The maximum absolute atomic E-state index is 4.21. The molecule has 2 aromatic rings. The summed E-state index contributed by atoms with van der Waals surface area (Å²) in [5, 5.41) is 0. The summed E-state index contributed by atoms with van der Waals surface area (Å²) in [6.07, 6.45) is 5.35. The predicted molar refractivity (Wildman–Crippen MR) is 66.5 cm³/mol. The Morgan fingerprint density at radius 1 is 1.12 bits per heavy atom. The zero-order chi connectivity index (χ0) is 11.4. The van der Waals surface area contributed by atoms with E-state index in [1.807, 2.05) is 31.2 Å². The zero-order valence-electron chi connectivity index (χ0n) is 9.22. The lowest BCUT2D eigenvalue weighted by atomic mass is 10.1. The van der Waals surface area contributed by atoms with Gasteiger partial charge in [0.15, 0.2) is 5.82 Å². The molecule has 0 saturated heterocycles. The second kappa shape index (κ2) is 4.71. The molecule has 0 atom stereocenters. The summed E-state index contributed by atoms with van der Waals surface area (Å²) in [5.41, 5.74) is 3.37. The van der Waals surface area contributed by atoms with Crippen LogP contribution in [0.2, 0.25) is 0 Å². The van der Waals surface area contributed by atoms with Gasteiger partial charge in [0, 0.05) is 18.0 Å². The first-order valence-electron chi connectivity index (χ1n) is 5.15. The molecule has 0 aliphatic heterocycles. The normalized spacial score (nSPS) is 11.5. The van der Waals surface area contributed by atoms with E-state index >= 15 is 0 Å². The smallest absolute Gasteiger partial charge is 0.159 e. The summed E-state index contributed by atoms with van der Waals surface area (Å²) < 4.78 is 0. The number of nitrogens with zero attached hydrogens (tertiary/aromatic N) is 2. The van der Waals surface area contributed by atoms with E-state index in [0.29, 0.717) is 0 Å². The number of rotatable bonds is 2. The number of hydrogen-bond acceptors (Lipinski definition) is 2. The first-order chi connectivity index (χ1) is 7.81. The summed E-state index contributed by atoms with van der Waals surface area (Å²) in [4.78, 5) is 8.41. The van der Waals surface area contributed by atoms with Crippen LogP contribution in [-0.2, 0) is 0 Å². The van der Waals surface area contributed by atoms with Gasteiger partial charge in [-0.1, -0.05) is 30.3 Å². The van der Waals surface area contributed by atoms with Gasteiger partial charge in [-0.25, -0.2) is 9.97 Å². The van der Waals surface area contributed by atoms with Crippen LogP contribution in [0.4, 0.5) is 0 Å². The van der Waals surface area contributed by atoms with Gasteiger partial charge in [-0.15, -0.1) is 0 Å². The van der Waals surface area contributed by atoms with Gasteiger partial charge in [0.1, 0.15) is 0 Å². The largest absolute Gasteiger partial charge is 0.237 e. The molecule has 1 aromatic heterocycles. The third kappa shape index (κ3) is 2.16. The Labute approximate surface area is 95.7 Å². The number of benzene rings is 1. The summed E-state index contributed by atoms with van der Waals surface area (Å²) in [6.45, 7) is 5.80. The van der Waals surface area contributed by atoms with Crippen molar-refractivity contribution in [2.24, 2.45) is 0 Å². The van der Waals surface area contributed by atoms with E-state index in [1.54, 1.807) is 12.4 Å². The lowest BCUT2D eigenvalue weighted by molar-refractivity contribution is 1.18. The number of hydrogen-bond donors (Lipinski definition) is 0. The van der Waals surface area contributed by atoms with Crippen LogP contribution in [0, 0.1) is 6.92 Å². The minimum atomic E-state index is 0.755. The van der Waals surface area contributed by atoms with Crippen molar-refractivity contribution < 1.29 is 0 Å². The molecule has 0 unspecified atom stereocenters. The minimum absolute atomic E-state index is 0.755. The van der Waals surface area contributed by atoms with E-state index in [1.165, 1.54) is 11.1 Å². The molecule has 0 bridgehead atoms. The molecular formula is C14H13N2. The van der Waals surface area contributed by atoms with Gasteiger partial charge in [0.05, 0.1) is 0 Å². The molecule has 79 valence electrons. The molecule has 0 fully saturated rings. The fourth-order valence-electron chi connectivity index (χ4n) is 1.45. The SMILES string of the molecule is [CH2]/C=C(/C)c1ccc(-c2ncccn2)cc1. The van der Waals surface area contributed by atoms with Crippen molar-refractivity contribution in [2.75, 3.05) is 0 Å². The fourth-order valence-corrected chi connectivity index (χ4v) is 1.45. The Kier molecular flexibility index (Phi) is 3.10. The van der Waals surface area contributed by atoms with E-state index in [-0.39, 0.29) is 0 Å². The molecule has 0 saturated carbocycles. The van der Waals surface area contributed by atoms with Crippen molar-refractivity contribution in [3.63, 3.8) is 0 Å². The van der Waals surface area contributed by atoms with Crippen molar-refractivity contribution in [1.29, 1.82) is 0 Å². The van der Waals surface area contributed by atoms with E-state index in [2.05, 4.69) is 29.0 Å². The fraction of sp³-hybridized carbons (Fsp3) is 0.0714. The molecule has 0 aliphatic rings. The van der Waals surface area contributed by atoms with Crippen LogP contribution in [0.1, 0.15) is 12.5 Å². The minimum Gasteiger partial charge on any atom is -0.237 e. The Morgan fingerprint density at radius 2 is 1.75 bits per heavy atom. The molecular weight excluding hydrogens is 196 g/mol. The van der Waals surface area contributed by atoms with Gasteiger partial charge in [0.25, 0.3) is 0 Å². The standard InChI is InChI=1S/C14H13N2/c1-3-11(2)12-5-7-13(8-6-12)14-15-9-4-10-16-14/h3-10H,1H2,2H3/b11-3-. The lowest BCUT2D eigenvalue weighted by Gasteiger charge is -2.03. The summed E-state index contributed by atoms with van der Waals surface area (Å²) in [6, 6.07) is 9.98. The topological polar surface area (TPSA) is 25.8 Å². The van der Waals surface area contributed by atoms with Crippen LogP contribution < -0.4 is 0 Å². The average molecular weight is 209 g/mol. The number of aromatic nitrogens is 2. The van der Waals surface area contributed by atoms with Crippen molar-refractivity contribution >= 4 is 5.57 Å². The lowest BCUT2D eigenvalue weighted by Crippen LogP contribution is -1.87. The molecule has 1 aromatic carbocycles. The van der Waals surface area contributed by atoms with Crippen LogP contribution >= 0.6 is 0 Å². The monoisotopic (exact) mass is 209 g/mol. The molecule has 2 rings (SSSR count). The van der Waals surface area contributed by atoms with Crippen LogP contribution in [0.3, 0.4) is 0 Å². The first kappa shape index (κ1) is 10.6. The molecule has 0 spiro atoms. The van der Waals surface area contributed by atoms with Gasteiger partial charge in [0.2, 0.25) is 0 Å². The quantitative estimate of drug-likeness (QED) is 0.757. The average Bonchev–Trinajstić information content (AvgIpc) is 2.39. The highest BCUT2D eigenvalue weighted by Gasteiger charge is 2.00. The maximum atomic E-state index is 4.21. The first-order valence-corrected chi connectivity index (χ1v) is 5.15. The molecule has 0 amide bonds. The second-order valence-corrected chi connectivity index (χ2v) is 3.54. The molecule has 1 heterocycles. The van der Waals surface area contributed by atoms with E-state index in [0.717, 1.165) is 11.4 Å². The molecule has 0 N–H and O–H groups in total. The van der Waals surface area contributed by atoms with Gasteiger partial charge in [-0.2, -0.15) is 0 Å². The highest BCUT2D eigenvalue weighted by molar-refractivity contribution is 5.67. The predicted octanol–water partition coefficient (Wildman–Crippen LogP) is 3.38. The van der Waals surface area contributed by atoms with Crippen molar-refractivity contribution in [2.45, 2.75) is 6.92 Å². The maximum Gasteiger partial charge on any atom is 0.159 e. The van der Waals surface area contributed by atoms with Gasteiger partial charge in [-0.05, 0) is 31.1 Å². The second-order valence-electron chi connectivity index (χ2n) is 3.54. The third-order valence-corrected chi connectivity index (χ3v) is 2.47. The van der Waals surface area contributed by atoms with Gasteiger partial charge >= 0.3 is 0 Å². The molecule has 0 aliphatic carbocycles. The van der Waals surface area contributed by atoms with Gasteiger partial charge < -0.3 is 0 Å². The van der Waals surface area contributed by atoms with Crippen LogP contribution in [0.25, 0.3) is 17.0 Å². The van der Waals surface area contributed by atoms with Gasteiger partial charge in [-0.3, -0.25) is 0 Å². The van der Waals surface area contributed by atoms with Crippen LogP contribution in [-0.4, -0.2) is 9.97 Å². The van der Waals surface area contributed by atoms with Crippen LogP contribution in [0.15, 0.2) is 48.8 Å². The summed E-state index contributed by atoms with van der Waals surface area (Å²) >= 11 is 0. The molecule has 2 heteroatoms. The highest BCUT2D eigenvalue weighted by Crippen LogP contribution is 2.18. The van der Waals surface area contributed by atoms with Crippen molar-refractivity contribution in [3.8, 4) is 11.4 Å². The Balaban J connectivity index is 2.34. The van der Waals surface area contributed by atoms with Crippen molar-refractivity contribution in [1.82, 2.24) is 9.97 Å². The number of allylic oxidation sites excluding steroid dienone is 2. The highest BCUT2D eigenvalue weighted by atomic mass is 14.8. The molecule has 2 nitrogen and oxygen atoms in total. The Bertz CT molecular complexity index is 484. The van der Waals surface area contributed by atoms with E-state index < -0.39 is 0 Å². The Morgan fingerprint density at radius 3 is 2.31 bits per heavy atom. The van der Waals surface area contributed by atoms with E-state index in [9.17, 15) is 0 Å². The summed E-state index contributed by atoms with van der Waals surface area (Å²) in [7, 11) is 0. The van der Waals surface area contributed by atoms with Crippen molar-refractivity contribution in [3.05, 3.63) is 61.3 Å². The van der Waals surface area contributed by atoms with E-state index in [4.69, 9.17) is 0 Å². The molecule has 1 radical (unpaired) electrons. The Hall–Kier alpha value is -1.96. The molecule has 16 heavy (non-hydrogen) atoms. The zero-order valence-corrected chi connectivity index (χ0v) is 9.22.